The first kappa shape index (κ1) is 17.1. The van der Waals surface area contributed by atoms with Crippen LogP contribution >= 0.6 is 0 Å². The minimum Gasteiger partial charge on any atom is -0.484 e. The van der Waals surface area contributed by atoms with Crippen LogP contribution in [0.3, 0.4) is 0 Å². The molecule has 24 heavy (non-hydrogen) atoms. The Hall–Kier alpha value is -3.29. The zero-order chi connectivity index (χ0) is 17.4. The monoisotopic (exact) mass is 331 g/mol. The zero-order valence-corrected chi connectivity index (χ0v) is 13.0. The molecule has 0 saturated carbocycles. The van der Waals surface area contributed by atoms with E-state index >= 15 is 0 Å². The second-order valence-corrected chi connectivity index (χ2v) is 4.80. The number of anilines is 1. The fourth-order valence-electron chi connectivity index (χ4n) is 1.77. The Bertz CT molecular complexity index is 695. The van der Waals surface area contributed by atoms with Crippen molar-refractivity contribution < 1.29 is 23.5 Å². The lowest BCUT2D eigenvalue weighted by Crippen LogP contribution is -2.41. The molecule has 8 nitrogen and oxygen atoms in total. The van der Waals surface area contributed by atoms with E-state index in [0.717, 1.165) is 0 Å². The van der Waals surface area contributed by atoms with Gasteiger partial charge in [0.2, 0.25) is 5.91 Å². The zero-order valence-electron chi connectivity index (χ0n) is 13.0. The van der Waals surface area contributed by atoms with E-state index in [4.69, 9.17) is 9.15 Å². The molecule has 0 bridgehead atoms. The lowest BCUT2D eigenvalue weighted by atomic mass is 10.3. The SMILES string of the molecule is CC(=O)Nc1ccc(OCC(=O)NC(=O)NCc2ccco2)cc1. The number of imide groups is 1. The molecule has 0 saturated heterocycles. The minimum atomic E-state index is -0.638. The molecule has 4 amide bonds. The fourth-order valence-corrected chi connectivity index (χ4v) is 1.77. The molecule has 126 valence electrons. The number of hydrogen-bond acceptors (Lipinski definition) is 5. The summed E-state index contributed by atoms with van der Waals surface area (Å²) in [5, 5.41) is 7.23. The maximum Gasteiger partial charge on any atom is 0.321 e. The van der Waals surface area contributed by atoms with Crippen LogP contribution < -0.4 is 20.7 Å². The van der Waals surface area contributed by atoms with Crippen LogP contribution in [0.1, 0.15) is 12.7 Å². The van der Waals surface area contributed by atoms with Crippen molar-refractivity contribution in [2.75, 3.05) is 11.9 Å². The van der Waals surface area contributed by atoms with Gasteiger partial charge in [-0.25, -0.2) is 4.79 Å². The van der Waals surface area contributed by atoms with Gasteiger partial charge in [-0.3, -0.25) is 14.9 Å². The van der Waals surface area contributed by atoms with Crippen molar-refractivity contribution in [3.63, 3.8) is 0 Å². The van der Waals surface area contributed by atoms with Gasteiger partial charge in [0.25, 0.3) is 5.91 Å². The number of carbonyl (C=O) groups excluding carboxylic acids is 3. The lowest BCUT2D eigenvalue weighted by molar-refractivity contribution is -0.122. The first-order valence-electron chi connectivity index (χ1n) is 7.13. The van der Waals surface area contributed by atoms with E-state index in [1.165, 1.54) is 13.2 Å². The van der Waals surface area contributed by atoms with Crippen LogP contribution in [0, 0.1) is 0 Å². The molecule has 1 aromatic heterocycles. The van der Waals surface area contributed by atoms with E-state index < -0.39 is 11.9 Å². The van der Waals surface area contributed by atoms with E-state index in [9.17, 15) is 14.4 Å². The number of rotatable bonds is 6. The molecular formula is C16H17N3O5. The molecule has 0 atom stereocenters. The second kappa shape index (κ2) is 8.37. The Morgan fingerprint density at radius 2 is 1.88 bits per heavy atom. The maximum atomic E-state index is 11.6. The third-order valence-corrected chi connectivity index (χ3v) is 2.80. The van der Waals surface area contributed by atoms with Gasteiger partial charge in [-0.2, -0.15) is 0 Å². The summed E-state index contributed by atoms with van der Waals surface area (Å²) >= 11 is 0. The summed E-state index contributed by atoms with van der Waals surface area (Å²) in [6.45, 7) is 1.27. The van der Waals surface area contributed by atoms with Gasteiger partial charge in [-0.05, 0) is 36.4 Å². The number of ether oxygens (including phenoxy) is 1. The third-order valence-electron chi connectivity index (χ3n) is 2.80. The number of furan rings is 1. The maximum absolute atomic E-state index is 11.6. The Morgan fingerprint density at radius 3 is 2.50 bits per heavy atom. The van der Waals surface area contributed by atoms with Crippen LogP contribution in [-0.4, -0.2) is 24.5 Å². The average Bonchev–Trinajstić information content (AvgIpc) is 3.05. The summed E-state index contributed by atoms with van der Waals surface area (Å²) in [7, 11) is 0. The molecule has 0 fully saturated rings. The number of nitrogens with one attached hydrogen (secondary N) is 3. The molecule has 1 aromatic carbocycles. The summed E-state index contributed by atoms with van der Waals surface area (Å²) in [5.41, 5.74) is 0.622. The van der Waals surface area contributed by atoms with Gasteiger partial charge in [0.1, 0.15) is 11.5 Å². The molecule has 0 aliphatic heterocycles. The van der Waals surface area contributed by atoms with Crippen molar-refractivity contribution in [3.8, 4) is 5.75 Å². The Labute approximate surface area is 138 Å². The third kappa shape index (κ3) is 5.84. The number of benzene rings is 1. The summed E-state index contributed by atoms with van der Waals surface area (Å²) in [6.07, 6.45) is 1.49. The van der Waals surface area contributed by atoms with Gasteiger partial charge < -0.3 is 19.8 Å². The van der Waals surface area contributed by atoms with Crippen LogP contribution in [-0.2, 0) is 16.1 Å². The Morgan fingerprint density at radius 1 is 1.12 bits per heavy atom. The van der Waals surface area contributed by atoms with E-state index in [2.05, 4.69) is 16.0 Å². The molecule has 3 N–H and O–H groups in total. The minimum absolute atomic E-state index is 0.177. The average molecular weight is 331 g/mol. The Kier molecular flexibility index (Phi) is 5.95. The fraction of sp³-hybridized carbons (Fsp3) is 0.188. The molecule has 2 rings (SSSR count). The van der Waals surface area contributed by atoms with Crippen LogP contribution in [0.5, 0.6) is 5.75 Å². The van der Waals surface area contributed by atoms with Crippen molar-refractivity contribution in [3.05, 3.63) is 48.4 Å². The highest BCUT2D eigenvalue weighted by molar-refractivity contribution is 5.95. The summed E-state index contributed by atoms with van der Waals surface area (Å²) in [4.78, 5) is 34.1. The van der Waals surface area contributed by atoms with Gasteiger partial charge in [0, 0.05) is 12.6 Å². The van der Waals surface area contributed by atoms with Gasteiger partial charge in [-0.15, -0.1) is 0 Å². The summed E-state index contributed by atoms with van der Waals surface area (Å²) in [5.74, 6) is 0.254. The molecule has 0 radical (unpaired) electrons. The summed E-state index contributed by atoms with van der Waals surface area (Å²) in [6, 6.07) is 9.27. The molecule has 0 aliphatic carbocycles. The van der Waals surface area contributed by atoms with Crippen LogP contribution in [0.4, 0.5) is 10.5 Å². The first-order chi connectivity index (χ1) is 11.5. The van der Waals surface area contributed by atoms with E-state index in [1.807, 2.05) is 0 Å². The predicted molar refractivity (Wildman–Crippen MR) is 85.3 cm³/mol. The van der Waals surface area contributed by atoms with Gasteiger partial charge >= 0.3 is 6.03 Å². The highest BCUT2D eigenvalue weighted by atomic mass is 16.5. The van der Waals surface area contributed by atoms with Crippen molar-refractivity contribution in [1.29, 1.82) is 0 Å². The molecule has 2 aromatic rings. The molecule has 0 spiro atoms. The van der Waals surface area contributed by atoms with Crippen LogP contribution in [0.15, 0.2) is 47.1 Å². The number of hydrogen-bond donors (Lipinski definition) is 3. The topological polar surface area (TPSA) is 110 Å². The van der Waals surface area contributed by atoms with Crippen molar-refractivity contribution in [2.24, 2.45) is 0 Å². The number of carbonyl (C=O) groups is 3. The van der Waals surface area contributed by atoms with E-state index in [1.54, 1.807) is 36.4 Å². The normalized spacial score (nSPS) is 9.88. The first-order valence-corrected chi connectivity index (χ1v) is 7.13. The number of amides is 4. The van der Waals surface area contributed by atoms with Crippen molar-refractivity contribution in [1.82, 2.24) is 10.6 Å². The lowest BCUT2D eigenvalue weighted by Gasteiger charge is -2.08. The highest BCUT2D eigenvalue weighted by Gasteiger charge is 2.09. The molecule has 1 heterocycles. The predicted octanol–water partition coefficient (Wildman–Crippen LogP) is 1.64. The number of urea groups is 1. The standard InChI is InChI=1S/C16H17N3O5/c1-11(20)18-12-4-6-13(7-5-12)24-10-15(21)19-16(22)17-9-14-3-2-8-23-14/h2-8H,9-10H2,1H3,(H,18,20)(H2,17,19,21,22). The van der Waals surface area contributed by atoms with Crippen molar-refractivity contribution in [2.45, 2.75) is 13.5 Å². The van der Waals surface area contributed by atoms with Gasteiger partial charge in [0.15, 0.2) is 6.61 Å². The van der Waals surface area contributed by atoms with Gasteiger partial charge in [0.05, 0.1) is 12.8 Å². The molecule has 8 heteroatoms. The largest absolute Gasteiger partial charge is 0.484 e. The van der Waals surface area contributed by atoms with Crippen LogP contribution in [0.2, 0.25) is 0 Å². The smallest absolute Gasteiger partial charge is 0.321 e. The molecule has 0 unspecified atom stereocenters. The van der Waals surface area contributed by atoms with Gasteiger partial charge in [-0.1, -0.05) is 0 Å². The second-order valence-electron chi connectivity index (χ2n) is 4.80. The molecular weight excluding hydrogens is 314 g/mol. The summed E-state index contributed by atoms with van der Waals surface area (Å²) < 4.78 is 10.3. The van der Waals surface area contributed by atoms with Crippen LogP contribution in [0.25, 0.3) is 0 Å². The van der Waals surface area contributed by atoms with E-state index in [0.29, 0.717) is 17.2 Å². The Balaban J connectivity index is 1.70. The highest BCUT2D eigenvalue weighted by Crippen LogP contribution is 2.15. The quantitative estimate of drug-likeness (QED) is 0.745. The van der Waals surface area contributed by atoms with Crippen molar-refractivity contribution >= 4 is 23.5 Å². The van der Waals surface area contributed by atoms with E-state index in [-0.39, 0.29) is 19.1 Å². The molecule has 0 aliphatic rings.